The Morgan fingerprint density at radius 1 is 1.03 bits per heavy atom. The fourth-order valence-electron chi connectivity index (χ4n) is 2.47. The van der Waals surface area contributed by atoms with Crippen LogP contribution in [0.2, 0.25) is 10.0 Å². The standard InChI is InChI=1S/C21H16Cl2N2O4/c22-16-5-6-20(29-12-13-3-1-2-4-19(13)23)15(7-16)11-24-25-21(28)14-8-17(26)10-18(27)9-14/h1-11,26-27H,12H2,(H,25,28)/b24-11+. The van der Waals surface area contributed by atoms with Crippen LogP contribution in [0, 0.1) is 0 Å². The first-order valence-electron chi connectivity index (χ1n) is 8.44. The molecule has 0 aliphatic rings. The molecular formula is C21H16Cl2N2O4. The van der Waals surface area contributed by atoms with Gasteiger partial charge >= 0.3 is 0 Å². The zero-order chi connectivity index (χ0) is 20.8. The number of phenolic OH excluding ortho intramolecular Hbond substituents is 2. The van der Waals surface area contributed by atoms with Crippen molar-refractivity contribution in [1.29, 1.82) is 0 Å². The summed E-state index contributed by atoms with van der Waals surface area (Å²) in [7, 11) is 0. The summed E-state index contributed by atoms with van der Waals surface area (Å²) in [4.78, 5) is 12.1. The summed E-state index contributed by atoms with van der Waals surface area (Å²) in [5.74, 6) is -0.566. The average molecular weight is 431 g/mol. The lowest BCUT2D eigenvalue weighted by atomic mass is 10.2. The van der Waals surface area contributed by atoms with Crippen LogP contribution in [0.25, 0.3) is 0 Å². The summed E-state index contributed by atoms with van der Waals surface area (Å²) in [6, 6.07) is 15.9. The Kier molecular flexibility index (Phi) is 6.59. The normalized spacial score (nSPS) is 10.8. The Hall–Kier alpha value is -3.22. The van der Waals surface area contributed by atoms with Gasteiger partial charge in [0.25, 0.3) is 5.91 Å². The van der Waals surface area contributed by atoms with Crippen molar-refractivity contribution < 1.29 is 19.7 Å². The summed E-state index contributed by atoms with van der Waals surface area (Å²) in [6.45, 7) is 0.247. The van der Waals surface area contributed by atoms with Crippen molar-refractivity contribution >= 4 is 35.3 Å². The molecule has 0 aliphatic heterocycles. The van der Waals surface area contributed by atoms with E-state index in [0.29, 0.717) is 21.4 Å². The number of halogens is 2. The third kappa shape index (κ3) is 5.63. The Labute approximate surface area is 177 Å². The van der Waals surface area contributed by atoms with E-state index in [4.69, 9.17) is 27.9 Å². The molecule has 0 heterocycles. The number of hydrazone groups is 1. The van der Waals surface area contributed by atoms with Crippen molar-refractivity contribution in [2.24, 2.45) is 5.10 Å². The third-order valence-electron chi connectivity index (χ3n) is 3.85. The maximum Gasteiger partial charge on any atom is 0.271 e. The summed E-state index contributed by atoms with van der Waals surface area (Å²) in [6.07, 6.45) is 1.38. The predicted octanol–water partition coefficient (Wildman–Crippen LogP) is 4.75. The van der Waals surface area contributed by atoms with Crippen LogP contribution in [0.1, 0.15) is 21.5 Å². The molecule has 0 aliphatic carbocycles. The van der Waals surface area contributed by atoms with Gasteiger partial charge in [0.2, 0.25) is 0 Å². The van der Waals surface area contributed by atoms with Gasteiger partial charge in [0.15, 0.2) is 0 Å². The van der Waals surface area contributed by atoms with Crippen LogP contribution in [0.4, 0.5) is 0 Å². The van der Waals surface area contributed by atoms with Crippen LogP contribution in [-0.2, 0) is 6.61 Å². The van der Waals surface area contributed by atoms with Gasteiger partial charge in [-0.2, -0.15) is 5.10 Å². The number of ether oxygens (including phenoxy) is 1. The summed E-state index contributed by atoms with van der Waals surface area (Å²) in [5.41, 5.74) is 3.74. The maximum atomic E-state index is 12.1. The molecule has 0 saturated carbocycles. The first-order chi connectivity index (χ1) is 13.9. The minimum Gasteiger partial charge on any atom is -0.508 e. The summed E-state index contributed by atoms with van der Waals surface area (Å²) >= 11 is 12.2. The highest BCUT2D eigenvalue weighted by atomic mass is 35.5. The van der Waals surface area contributed by atoms with Gasteiger partial charge in [0.1, 0.15) is 23.9 Å². The van der Waals surface area contributed by atoms with Crippen molar-refractivity contribution in [3.05, 3.63) is 87.4 Å². The van der Waals surface area contributed by atoms with Gasteiger partial charge in [0, 0.05) is 32.8 Å². The minimum atomic E-state index is -0.604. The van der Waals surface area contributed by atoms with E-state index < -0.39 is 5.91 Å². The quantitative estimate of drug-likeness (QED) is 0.388. The minimum absolute atomic E-state index is 0.0564. The van der Waals surface area contributed by atoms with Crippen molar-refractivity contribution in [1.82, 2.24) is 5.43 Å². The predicted molar refractivity (Wildman–Crippen MR) is 112 cm³/mol. The first-order valence-corrected chi connectivity index (χ1v) is 9.20. The number of carbonyl (C=O) groups excluding carboxylic acids is 1. The van der Waals surface area contributed by atoms with Crippen molar-refractivity contribution in [3.8, 4) is 17.2 Å². The number of aromatic hydroxyl groups is 2. The molecule has 0 unspecified atom stereocenters. The van der Waals surface area contributed by atoms with E-state index >= 15 is 0 Å². The number of benzene rings is 3. The molecule has 0 fully saturated rings. The van der Waals surface area contributed by atoms with Crippen LogP contribution in [0.5, 0.6) is 17.2 Å². The van der Waals surface area contributed by atoms with E-state index in [0.717, 1.165) is 11.6 Å². The van der Waals surface area contributed by atoms with Gasteiger partial charge in [-0.15, -0.1) is 0 Å². The highest BCUT2D eigenvalue weighted by Gasteiger charge is 2.09. The van der Waals surface area contributed by atoms with Gasteiger partial charge in [-0.1, -0.05) is 41.4 Å². The van der Waals surface area contributed by atoms with E-state index in [1.54, 1.807) is 24.3 Å². The molecule has 8 heteroatoms. The molecular weight excluding hydrogens is 415 g/mol. The van der Waals surface area contributed by atoms with Crippen molar-refractivity contribution in [2.45, 2.75) is 6.61 Å². The van der Waals surface area contributed by atoms with Crippen LogP contribution < -0.4 is 10.2 Å². The topological polar surface area (TPSA) is 91.2 Å². The number of carbonyl (C=O) groups is 1. The van der Waals surface area contributed by atoms with Crippen molar-refractivity contribution in [2.75, 3.05) is 0 Å². The second kappa shape index (κ2) is 9.32. The van der Waals surface area contributed by atoms with E-state index in [9.17, 15) is 15.0 Å². The zero-order valence-corrected chi connectivity index (χ0v) is 16.5. The Bertz CT molecular complexity index is 1050. The number of rotatable bonds is 6. The lowest BCUT2D eigenvalue weighted by Gasteiger charge is -2.10. The number of phenols is 2. The smallest absolute Gasteiger partial charge is 0.271 e. The SMILES string of the molecule is O=C(N/N=C/c1cc(Cl)ccc1OCc1ccccc1Cl)c1cc(O)cc(O)c1. The average Bonchev–Trinajstić information content (AvgIpc) is 2.67. The number of nitrogens with one attached hydrogen (secondary N) is 1. The van der Waals surface area contributed by atoms with Crippen LogP contribution in [0.15, 0.2) is 65.8 Å². The molecule has 0 spiro atoms. The first kappa shape index (κ1) is 20.5. The number of amides is 1. The van der Waals surface area contributed by atoms with E-state index in [-0.39, 0.29) is 23.7 Å². The monoisotopic (exact) mass is 430 g/mol. The fraction of sp³-hybridized carbons (Fsp3) is 0.0476. The number of hydrogen-bond acceptors (Lipinski definition) is 5. The Morgan fingerprint density at radius 3 is 2.48 bits per heavy atom. The molecule has 0 aromatic heterocycles. The summed E-state index contributed by atoms with van der Waals surface area (Å²) in [5, 5.41) is 23.9. The molecule has 3 aromatic carbocycles. The van der Waals surface area contributed by atoms with Gasteiger partial charge in [-0.05, 0) is 36.4 Å². The number of nitrogens with zero attached hydrogens (tertiary/aromatic N) is 1. The Balaban J connectivity index is 1.72. The van der Waals surface area contributed by atoms with Crippen molar-refractivity contribution in [3.63, 3.8) is 0 Å². The van der Waals surface area contributed by atoms with Gasteiger partial charge in [-0.3, -0.25) is 4.79 Å². The largest absolute Gasteiger partial charge is 0.508 e. The fourth-order valence-corrected chi connectivity index (χ4v) is 2.84. The third-order valence-corrected chi connectivity index (χ3v) is 4.45. The molecule has 1 amide bonds. The summed E-state index contributed by atoms with van der Waals surface area (Å²) < 4.78 is 5.82. The molecule has 3 N–H and O–H groups in total. The van der Waals surface area contributed by atoms with Crippen LogP contribution in [0.3, 0.4) is 0 Å². The molecule has 29 heavy (non-hydrogen) atoms. The molecule has 3 rings (SSSR count). The molecule has 3 aromatic rings. The second-order valence-electron chi connectivity index (χ2n) is 6.00. The molecule has 0 saturated heterocycles. The van der Waals surface area contributed by atoms with Crippen LogP contribution >= 0.6 is 23.2 Å². The van der Waals surface area contributed by atoms with Gasteiger partial charge in [-0.25, -0.2) is 5.43 Å². The van der Waals surface area contributed by atoms with Gasteiger partial charge in [0.05, 0.1) is 6.21 Å². The lowest BCUT2D eigenvalue weighted by Crippen LogP contribution is -2.17. The van der Waals surface area contributed by atoms with Crippen LogP contribution in [-0.4, -0.2) is 22.3 Å². The molecule has 148 valence electrons. The maximum absolute atomic E-state index is 12.1. The Morgan fingerprint density at radius 2 is 1.76 bits per heavy atom. The highest BCUT2D eigenvalue weighted by molar-refractivity contribution is 6.31. The van der Waals surface area contributed by atoms with E-state index in [1.165, 1.54) is 18.3 Å². The van der Waals surface area contributed by atoms with Gasteiger partial charge < -0.3 is 14.9 Å². The molecule has 0 radical (unpaired) electrons. The lowest BCUT2D eigenvalue weighted by molar-refractivity contribution is 0.0954. The number of hydrogen-bond donors (Lipinski definition) is 3. The highest BCUT2D eigenvalue weighted by Crippen LogP contribution is 2.24. The molecule has 0 atom stereocenters. The molecule has 6 nitrogen and oxygen atoms in total. The zero-order valence-electron chi connectivity index (χ0n) is 15.0. The molecule has 0 bridgehead atoms. The van der Waals surface area contributed by atoms with E-state index in [2.05, 4.69) is 10.5 Å². The second-order valence-corrected chi connectivity index (χ2v) is 6.84. The van der Waals surface area contributed by atoms with E-state index in [1.807, 2.05) is 18.2 Å².